The van der Waals surface area contributed by atoms with Crippen LogP contribution in [0.15, 0.2) is 43.0 Å². The van der Waals surface area contributed by atoms with Crippen molar-refractivity contribution in [2.75, 3.05) is 7.05 Å². The highest BCUT2D eigenvalue weighted by Crippen LogP contribution is 2.21. The molecular weight excluding hydrogens is 262 g/mol. The minimum Gasteiger partial charge on any atom is -0.313 e. The van der Waals surface area contributed by atoms with Crippen LogP contribution in [-0.4, -0.2) is 26.8 Å². The molecule has 108 valence electrons. The van der Waals surface area contributed by atoms with E-state index >= 15 is 0 Å². The topological polar surface area (TPSA) is 55.6 Å². The maximum Gasteiger partial charge on any atom is 0.0890 e. The third kappa shape index (κ3) is 2.92. The normalized spacial score (nSPS) is 12.7. The second kappa shape index (κ2) is 6.01. The van der Waals surface area contributed by atoms with E-state index in [1.165, 1.54) is 11.1 Å². The largest absolute Gasteiger partial charge is 0.313 e. The van der Waals surface area contributed by atoms with Crippen molar-refractivity contribution >= 4 is 11.0 Å². The van der Waals surface area contributed by atoms with Gasteiger partial charge in [-0.2, -0.15) is 5.10 Å². The standard InChI is InChI=1S/C16H19N5/c1-3-21-11-12(10-20-21)8-15(17-2)13-4-5-14-16(9-13)19-7-6-18-14/h4-7,9-11,15,17H,3,8H2,1-2H3. The lowest BCUT2D eigenvalue weighted by Crippen LogP contribution is -2.18. The minimum atomic E-state index is 0.242. The maximum absolute atomic E-state index is 4.38. The number of nitrogens with zero attached hydrogens (tertiary/aromatic N) is 4. The van der Waals surface area contributed by atoms with Crippen LogP contribution >= 0.6 is 0 Å². The molecule has 0 amide bonds. The second-order valence-corrected chi connectivity index (χ2v) is 5.05. The number of fused-ring (bicyclic) bond motifs is 1. The molecule has 5 heteroatoms. The summed E-state index contributed by atoms with van der Waals surface area (Å²) >= 11 is 0. The molecule has 1 unspecified atom stereocenters. The van der Waals surface area contributed by atoms with Crippen molar-refractivity contribution in [1.29, 1.82) is 0 Å². The molecule has 0 spiro atoms. The SMILES string of the molecule is CCn1cc(CC(NC)c2ccc3nccnc3c2)cn1. The van der Waals surface area contributed by atoms with Gasteiger partial charge >= 0.3 is 0 Å². The highest BCUT2D eigenvalue weighted by molar-refractivity contribution is 5.74. The van der Waals surface area contributed by atoms with Crippen LogP contribution in [0.4, 0.5) is 0 Å². The van der Waals surface area contributed by atoms with Crippen LogP contribution in [0.1, 0.15) is 24.1 Å². The van der Waals surface area contributed by atoms with E-state index in [0.717, 1.165) is 24.0 Å². The number of benzene rings is 1. The summed E-state index contributed by atoms with van der Waals surface area (Å²) in [6.45, 7) is 2.99. The van der Waals surface area contributed by atoms with Gasteiger partial charge in [0, 0.05) is 31.2 Å². The highest BCUT2D eigenvalue weighted by atomic mass is 15.3. The number of rotatable bonds is 5. The minimum absolute atomic E-state index is 0.242. The van der Waals surface area contributed by atoms with E-state index in [9.17, 15) is 0 Å². The smallest absolute Gasteiger partial charge is 0.0890 e. The predicted molar refractivity (Wildman–Crippen MR) is 82.9 cm³/mol. The fraction of sp³-hybridized carbons (Fsp3) is 0.312. The average Bonchev–Trinajstić information content (AvgIpc) is 3.00. The van der Waals surface area contributed by atoms with Crippen LogP contribution in [-0.2, 0) is 13.0 Å². The summed E-state index contributed by atoms with van der Waals surface area (Å²) < 4.78 is 1.95. The Morgan fingerprint density at radius 1 is 1.19 bits per heavy atom. The molecule has 21 heavy (non-hydrogen) atoms. The Bertz CT molecular complexity index is 734. The Labute approximate surface area is 124 Å². The monoisotopic (exact) mass is 281 g/mol. The first kappa shape index (κ1) is 13.7. The van der Waals surface area contributed by atoms with Crippen LogP contribution < -0.4 is 5.32 Å². The lowest BCUT2D eigenvalue weighted by Gasteiger charge is -2.16. The molecule has 5 nitrogen and oxygen atoms in total. The number of likely N-dealkylation sites (N-methyl/N-ethyl adjacent to an activating group) is 1. The van der Waals surface area contributed by atoms with Crippen molar-refractivity contribution < 1.29 is 0 Å². The molecule has 0 fully saturated rings. The Kier molecular flexibility index (Phi) is 3.92. The summed E-state index contributed by atoms with van der Waals surface area (Å²) in [4.78, 5) is 8.69. The molecule has 1 aromatic carbocycles. The van der Waals surface area contributed by atoms with E-state index in [1.807, 2.05) is 24.0 Å². The van der Waals surface area contributed by atoms with Gasteiger partial charge in [-0.05, 0) is 43.7 Å². The van der Waals surface area contributed by atoms with Gasteiger partial charge in [-0.1, -0.05) is 6.07 Å². The Balaban J connectivity index is 1.86. The number of nitrogens with one attached hydrogen (secondary N) is 1. The molecule has 0 bridgehead atoms. The molecule has 0 aliphatic rings. The zero-order chi connectivity index (χ0) is 14.7. The van der Waals surface area contributed by atoms with Gasteiger partial charge in [-0.25, -0.2) is 0 Å². The Morgan fingerprint density at radius 2 is 2.00 bits per heavy atom. The van der Waals surface area contributed by atoms with Crippen molar-refractivity contribution in [1.82, 2.24) is 25.1 Å². The number of hydrogen-bond donors (Lipinski definition) is 1. The molecule has 0 aliphatic carbocycles. The molecule has 0 aliphatic heterocycles. The molecule has 3 aromatic rings. The first-order valence-electron chi connectivity index (χ1n) is 7.19. The van der Waals surface area contributed by atoms with E-state index in [1.54, 1.807) is 12.4 Å². The highest BCUT2D eigenvalue weighted by Gasteiger charge is 2.12. The lowest BCUT2D eigenvalue weighted by molar-refractivity contribution is 0.591. The summed E-state index contributed by atoms with van der Waals surface area (Å²) in [5, 5.41) is 7.71. The van der Waals surface area contributed by atoms with E-state index < -0.39 is 0 Å². The second-order valence-electron chi connectivity index (χ2n) is 5.05. The Morgan fingerprint density at radius 3 is 2.71 bits per heavy atom. The van der Waals surface area contributed by atoms with Gasteiger partial charge in [0.2, 0.25) is 0 Å². The van der Waals surface area contributed by atoms with Crippen molar-refractivity contribution in [2.45, 2.75) is 25.9 Å². The summed E-state index contributed by atoms with van der Waals surface area (Å²) in [6.07, 6.45) is 8.39. The molecule has 1 atom stereocenters. The van der Waals surface area contributed by atoms with Gasteiger partial charge in [0.15, 0.2) is 0 Å². The first-order valence-corrected chi connectivity index (χ1v) is 7.19. The van der Waals surface area contributed by atoms with Crippen molar-refractivity contribution in [3.05, 3.63) is 54.1 Å². The number of aryl methyl sites for hydroxylation is 1. The molecule has 0 saturated carbocycles. The molecule has 3 rings (SSSR count). The van der Waals surface area contributed by atoms with Gasteiger partial charge in [-0.15, -0.1) is 0 Å². The molecule has 2 aromatic heterocycles. The summed E-state index contributed by atoms with van der Waals surface area (Å²) in [6, 6.07) is 6.49. The van der Waals surface area contributed by atoms with Crippen LogP contribution in [0.2, 0.25) is 0 Å². The number of aromatic nitrogens is 4. The first-order chi connectivity index (χ1) is 10.3. The van der Waals surface area contributed by atoms with Gasteiger partial charge < -0.3 is 5.32 Å². The van der Waals surface area contributed by atoms with Gasteiger partial charge in [0.25, 0.3) is 0 Å². The van der Waals surface area contributed by atoms with Crippen LogP contribution in [0, 0.1) is 0 Å². The zero-order valence-corrected chi connectivity index (χ0v) is 12.3. The lowest BCUT2D eigenvalue weighted by atomic mass is 10.0. The Hall–Kier alpha value is -2.27. The third-order valence-electron chi connectivity index (χ3n) is 3.69. The molecule has 0 saturated heterocycles. The quantitative estimate of drug-likeness (QED) is 0.780. The van der Waals surface area contributed by atoms with Crippen LogP contribution in [0.3, 0.4) is 0 Å². The molecular formula is C16H19N5. The van der Waals surface area contributed by atoms with Gasteiger partial charge in [-0.3, -0.25) is 14.6 Å². The van der Waals surface area contributed by atoms with Crippen molar-refractivity contribution in [3.8, 4) is 0 Å². The van der Waals surface area contributed by atoms with E-state index in [-0.39, 0.29) is 6.04 Å². The van der Waals surface area contributed by atoms with Crippen molar-refractivity contribution in [3.63, 3.8) is 0 Å². The van der Waals surface area contributed by atoms with E-state index in [4.69, 9.17) is 0 Å². The van der Waals surface area contributed by atoms with Crippen LogP contribution in [0.25, 0.3) is 11.0 Å². The van der Waals surface area contributed by atoms with E-state index in [0.29, 0.717) is 0 Å². The fourth-order valence-corrected chi connectivity index (χ4v) is 2.50. The molecule has 0 radical (unpaired) electrons. The van der Waals surface area contributed by atoms with E-state index in [2.05, 4.69) is 45.6 Å². The summed E-state index contributed by atoms with van der Waals surface area (Å²) in [5.74, 6) is 0. The number of hydrogen-bond acceptors (Lipinski definition) is 4. The van der Waals surface area contributed by atoms with Gasteiger partial charge in [0.05, 0.1) is 17.2 Å². The van der Waals surface area contributed by atoms with Gasteiger partial charge in [0.1, 0.15) is 0 Å². The maximum atomic E-state index is 4.38. The molecule has 1 N–H and O–H groups in total. The van der Waals surface area contributed by atoms with Crippen molar-refractivity contribution in [2.24, 2.45) is 0 Å². The average molecular weight is 281 g/mol. The fourth-order valence-electron chi connectivity index (χ4n) is 2.50. The van der Waals surface area contributed by atoms with Crippen LogP contribution in [0.5, 0.6) is 0 Å². The zero-order valence-electron chi connectivity index (χ0n) is 12.3. The summed E-state index contributed by atoms with van der Waals surface area (Å²) in [5.41, 5.74) is 4.31. The predicted octanol–water partition coefficient (Wildman–Crippen LogP) is 2.35. The molecule has 2 heterocycles. The third-order valence-corrected chi connectivity index (χ3v) is 3.69. The summed E-state index contributed by atoms with van der Waals surface area (Å²) in [7, 11) is 1.98.